The number of hydrogen-bond acceptors (Lipinski definition) is 4. The average Bonchev–Trinajstić information content (AvgIpc) is 3.18. The molecule has 2 aromatic rings. The molecule has 0 radical (unpaired) electrons. The van der Waals surface area contributed by atoms with E-state index in [4.69, 9.17) is 4.98 Å². The van der Waals surface area contributed by atoms with Crippen molar-refractivity contribution in [2.24, 2.45) is 13.0 Å². The molecule has 7 nitrogen and oxygen atoms in total. The molecule has 2 aromatic heterocycles. The SMILES string of the molecule is CC(=O)N1CCn2c(-c3cnn(C)c3)cnc2C12CCN(CC1CC1)CC2. The van der Waals surface area contributed by atoms with Crippen molar-refractivity contribution < 1.29 is 4.79 Å². The van der Waals surface area contributed by atoms with Crippen LogP contribution < -0.4 is 0 Å². The van der Waals surface area contributed by atoms with Crippen molar-refractivity contribution in [3.63, 3.8) is 0 Å². The summed E-state index contributed by atoms with van der Waals surface area (Å²) in [5.41, 5.74) is 1.94. The van der Waals surface area contributed by atoms with Gasteiger partial charge in [-0.25, -0.2) is 4.98 Å². The van der Waals surface area contributed by atoms with E-state index in [1.165, 1.54) is 19.4 Å². The maximum atomic E-state index is 12.5. The van der Waals surface area contributed by atoms with Crippen LogP contribution in [0.25, 0.3) is 11.3 Å². The van der Waals surface area contributed by atoms with Crippen LogP contribution in [0.5, 0.6) is 0 Å². The van der Waals surface area contributed by atoms with Crippen molar-refractivity contribution in [3.05, 3.63) is 24.4 Å². The van der Waals surface area contributed by atoms with E-state index in [1.807, 2.05) is 30.3 Å². The highest BCUT2D eigenvalue weighted by atomic mass is 16.2. The minimum atomic E-state index is -0.259. The van der Waals surface area contributed by atoms with Gasteiger partial charge in [-0.2, -0.15) is 5.10 Å². The summed E-state index contributed by atoms with van der Waals surface area (Å²) in [6, 6.07) is 0. The zero-order valence-corrected chi connectivity index (χ0v) is 16.3. The first-order valence-electron chi connectivity index (χ1n) is 10.1. The maximum absolute atomic E-state index is 12.5. The summed E-state index contributed by atoms with van der Waals surface area (Å²) in [5, 5.41) is 4.32. The van der Waals surface area contributed by atoms with Gasteiger partial charge in [0.25, 0.3) is 0 Å². The average molecular weight is 368 g/mol. The molecule has 27 heavy (non-hydrogen) atoms. The van der Waals surface area contributed by atoms with Crippen molar-refractivity contribution >= 4 is 5.91 Å². The van der Waals surface area contributed by atoms with Crippen LogP contribution in [0, 0.1) is 5.92 Å². The summed E-state index contributed by atoms with van der Waals surface area (Å²) in [5.74, 6) is 2.14. The van der Waals surface area contributed by atoms with Crippen LogP contribution in [-0.4, -0.2) is 61.2 Å². The second kappa shape index (κ2) is 6.19. The Bertz CT molecular complexity index is 856. The Balaban J connectivity index is 1.49. The highest BCUT2D eigenvalue weighted by Crippen LogP contribution is 2.43. The van der Waals surface area contributed by atoms with Gasteiger partial charge in [-0.05, 0) is 31.6 Å². The van der Waals surface area contributed by atoms with E-state index in [0.29, 0.717) is 0 Å². The smallest absolute Gasteiger partial charge is 0.220 e. The number of carbonyl (C=O) groups is 1. The third-order valence-electron chi connectivity index (χ3n) is 6.61. The minimum Gasteiger partial charge on any atom is -0.328 e. The highest BCUT2D eigenvalue weighted by molar-refractivity contribution is 5.75. The van der Waals surface area contributed by atoms with Crippen LogP contribution in [-0.2, 0) is 23.9 Å². The van der Waals surface area contributed by atoms with Crippen LogP contribution in [0.1, 0.15) is 38.4 Å². The number of likely N-dealkylation sites (tertiary alicyclic amines) is 1. The lowest BCUT2D eigenvalue weighted by molar-refractivity contribution is -0.141. The molecule has 0 bridgehead atoms. The molecular weight excluding hydrogens is 340 g/mol. The quantitative estimate of drug-likeness (QED) is 0.830. The molecule has 1 saturated heterocycles. The monoisotopic (exact) mass is 368 g/mol. The van der Waals surface area contributed by atoms with E-state index in [0.717, 1.165) is 62.0 Å². The third kappa shape index (κ3) is 2.79. The Kier molecular flexibility index (Phi) is 3.89. The second-order valence-electron chi connectivity index (χ2n) is 8.47. The Labute approximate surface area is 160 Å². The summed E-state index contributed by atoms with van der Waals surface area (Å²) < 4.78 is 4.15. The fourth-order valence-electron chi connectivity index (χ4n) is 5.02. The molecule has 3 aliphatic rings. The molecule has 7 heteroatoms. The first kappa shape index (κ1) is 17.0. The number of imidazole rings is 1. The van der Waals surface area contributed by atoms with E-state index >= 15 is 0 Å². The molecule has 2 aliphatic heterocycles. The van der Waals surface area contributed by atoms with Crippen LogP contribution in [0.4, 0.5) is 0 Å². The standard InChI is InChI=1S/C20H28N6O/c1-15(27)26-10-9-25-18(17-11-22-23(2)14-17)12-21-19(25)20(26)5-7-24(8-6-20)13-16-3-4-16/h11-12,14,16H,3-10,13H2,1-2H3. The molecule has 0 aromatic carbocycles. The lowest BCUT2D eigenvalue weighted by Gasteiger charge is -2.50. The topological polar surface area (TPSA) is 59.2 Å². The molecule has 1 spiro atoms. The van der Waals surface area contributed by atoms with E-state index in [2.05, 4.69) is 19.5 Å². The Morgan fingerprint density at radius 2 is 1.96 bits per heavy atom. The van der Waals surface area contributed by atoms with Gasteiger partial charge in [0.05, 0.1) is 18.1 Å². The van der Waals surface area contributed by atoms with Crippen molar-refractivity contribution in [2.45, 2.75) is 44.7 Å². The summed E-state index contributed by atoms with van der Waals surface area (Å²) in [7, 11) is 1.94. The van der Waals surface area contributed by atoms with Crippen molar-refractivity contribution in [1.29, 1.82) is 0 Å². The van der Waals surface area contributed by atoms with E-state index < -0.39 is 0 Å². The summed E-state index contributed by atoms with van der Waals surface area (Å²) in [6.07, 6.45) is 10.6. The lowest BCUT2D eigenvalue weighted by Crippen LogP contribution is -2.59. The number of piperidine rings is 1. The Morgan fingerprint density at radius 1 is 1.19 bits per heavy atom. The fraction of sp³-hybridized carbons (Fsp3) is 0.650. The summed E-state index contributed by atoms with van der Waals surface area (Å²) >= 11 is 0. The molecule has 1 amide bonds. The van der Waals surface area contributed by atoms with Crippen LogP contribution in [0.15, 0.2) is 18.6 Å². The highest BCUT2D eigenvalue weighted by Gasteiger charge is 2.48. The number of amides is 1. The molecular formula is C20H28N6O. The predicted molar refractivity (Wildman–Crippen MR) is 102 cm³/mol. The molecule has 1 saturated carbocycles. The normalized spacial score (nSPS) is 22.2. The number of aromatic nitrogens is 4. The van der Waals surface area contributed by atoms with Gasteiger partial charge in [0, 0.05) is 58.5 Å². The van der Waals surface area contributed by atoms with Crippen molar-refractivity contribution in [1.82, 2.24) is 29.1 Å². The molecule has 1 aliphatic carbocycles. The number of carbonyl (C=O) groups excluding carboxylic acids is 1. The predicted octanol–water partition coefficient (Wildman–Crippen LogP) is 1.85. The third-order valence-corrected chi connectivity index (χ3v) is 6.61. The number of aryl methyl sites for hydroxylation is 1. The van der Waals surface area contributed by atoms with E-state index in [1.54, 1.807) is 6.92 Å². The minimum absolute atomic E-state index is 0.169. The zero-order chi connectivity index (χ0) is 18.6. The molecule has 0 unspecified atom stereocenters. The maximum Gasteiger partial charge on any atom is 0.220 e. The van der Waals surface area contributed by atoms with Crippen LogP contribution in [0.3, 0.4) is 0 Å². The fourth-order valence-corrected chi connectivity index (χ4v) is 5.02. The first-order valence-corrected chi connectivity index (χ1v) is 10.1. The van der Waals surface area contributed by atoms with Gasteiger partial charge in [-0.3, -0.25) is 9.48 Å². The Hall–Kier alpha value is -2.15. The van der Waals surface area contributed by atoms with Gasteiger partial charge >= 0.3 is 0 Å². The van der Waals surface area contributed by atoms with Gasteiger partial charge in [0.1, 0.15) is 11.4 Å². The van der Waals surface area contributed by atoms with Gasteiger partial charge in [-0.1, -0.05) is 0 Å². The summed E-state index contributed by atoms with van der Waals surface area (Å²) in [6.45, 7) is 6.59. The largest absolute Gasteiger partial charge is 0.328 e. The number of fused-ring (bicyclic) bond motifs is 2. The number of hydrogen-bond donors (Lipinski definition) is 0. The lowest BCUT2D eigenvalue weighted by atomic mass is 9.83. The van der Waals surface area contributed by atoms with Gasteiger partial charge in [0.2, 0.25) is 5.91 Å². The number of rotatable bonds is 3. The zero-order valence-electron chi connectivity index (χ0n) is 16.3. The molecule has 144 valence electrons. The Morgan fingerprint density at radius 3 is 2.59 bits per heavy atom. The number of nitrogens with zero attached hydrogens (tertiary/aromatic N) is 6. The van der Waals surface area contributed by atoms with Crippen molar-refractivity contribution in [3.8, 4) is 11.3 Å². The van der Waals surface area contributed by atoms with Gasteiger partial charge in [-0.15, -0.1) is 0 Å². The van der Waals surface area contributed by atoms with Crippen molar-refractivity contribution in [2.75, 3.05) is 26.2 Å². The van der Waals surface area contributed by atoms with E-state index in [9.17, 15) is 4.79 Å². The molecule has 0 N–H and O–H groups in total. The second-order valence-corrected chi connectivity index (χ2v) is 8.47. The molecule has 5 rings (SSSR count). The van der Waals surface area contributed by atoms with Gasteiger partial charge < -0.3 is 14.4 Å². The van der Waals surface area contributed by atoms with Crippen LogP contribution in [0.2, 0.25) is 0 Å². The molecule has 2 fully saturated rings. The van der Waals surface area contributed by atoms with E-state index in [-0.39, 0.29) is 11.4 Å². The van der Waals surface area contributed by atoms with Gasteiger partial charge in [0.15, 0.2) is 0 Å². The molecule has 4 heterocycles. The molecule has 0 atom stereocenters. The summed E-state index contributed by atoms with van der Waals surface area (Å²) in [4.78, 5) is 22.0. The van der Waals surface area contributed by atoms with Crippen LogP contribution >= 0.6 is 0 Å². The first-order chi connectivity index (χ1) is 13.1.